The van der Waals surface area contributed by atoms with Crippen LogP contribution in [0.5, 0.6) is 5.75 Å². The lowest BCUT2D eigenvalue weighted by Gasteiger charge is -2.10. The van der Waals surface area contributed by atoms with Crippen LogP contribution in [-0.4, -0.2) is 36.7 Å². The van der Waals surface area contributed by atoms with Crippen molar-refractivity contribution in [2.75, 3.05) is 13.7 Å². The van der Waals surface area contributed by atoms with E-state index >= 15 is 0 Å². The lowest BCUT2D eigenvalue weighted by Crippen LogP contribution is -2.46. The molecule has 0 spiro atoms. The summed E-state index contributed by atoms with van der Waals surface area (Å²) in [5.74, 6) is -1.31. The second kappa shape index (κ2) is 6.61. The number of hydrogen-bond donors (Lipinski definition) is 3. The first-order chi connectivity index (χ1) is 8.56. The Morgan fingerprint density at radius 1 is 1.44 bits per heavy atom. The van der Waals surface area contributed by atoms with Gasteiger partial charge in [0.25, 0.3) is 0 Å². The van der Waals surface area contributed by atoms with Crippen molar-refractivity contribution in [3.8, 4) is 5.75 Å². The fraction of sp³-hybridized carbons (Fsp3) is 0.333. The van der Waals surface area contributed by atoms with E-state index in [2.05, 4.69) is 5.32 Å². The van der Waals surface area contributed by atoms with Crippen molar-refractivity contribution in [2.24, 2.45) is 5.73 Å². The Bertz CT molecular complexity index is 434. The molecule has 0 aliphatic heterocycles. The largest absolute Gasteiger partial charge is 0.496 e. The number of aliphatic carboxylic acids is 1. The number of carbonyl (C=O) groups excluding carboxylic acids is 1. The number of benzene rings is 1. The summed E-state index contributed by atoms with van der Waals surface area (Å²) in [6.07, 6.45) is 0.544. The summed E-state index contributed by atoms with van der Waals surface area (Å²) in [7, 11) is 1.57. The van der Waals surface area contributed by atoms with Gasteiger partial charge in [-0.2, -0.15) is 0 Å². The van der Waals surface area contributed by atoms with E-state index in [1.165, 1.54) is 0 Å². The summed E-state index contributed by atoms with van der Waals surface area (Å²) in [6, 6.07) is 5.88. The second-order valence-corrected chi connectivity index (χ2v) is 3.67. The molecule has 6 nitrogen and oxygen atoms in total. The molecular weight excluding hydrogens is 236 g/mol. The standard InChI is InChI=1S/C12H16N2O4/c1-18-9-5-3-2-4-8(9)6-7-14-11(15)10(13)12(16)17/h2-5,10H,6-7,13H2,1H3,(H,14,15)(H,16,17). The average molecular weight is 252 g/mol. The predicted octanol–water partition coefficient (Wildman–Crippen LogP) is -0.234. The summed E-state index contributed by atoms with van der Waals surface area (Å²) >= 11 is 0. The minimum Gasteiger partial charge on any atom is -0.496 e. The maximum Gasteiger partial charge on any atom is 0.330 e. The van der Waals surface area contributed by atoms with Crippen LogP contribution >= 0.6 is 0 Å². The molecule has 0 radical (unpaired) electrons. The molecule has 18 heavy (non-hydrogen) atoms. The van der Waals surface area contributed by atoms with Gasteiger partial charge in [0.15, 0.2) is 6.04 Å². The third-order valence-electron chi connectivity index (χ3n) is 2.43. The van der Waals surface area contributed by atoms with E-state index in [1.807, 2.05) is 24.3 Å². The molecule has 1 unspecified atom stereocenters. The Kier molecular flexibility index (Phi) is 5.13. The minimum atomic E-state index is -1.53. The van der Waals surface area contributed by atoms with Gasteiger partial charge in [-0.15, -0.1) is 0 Å². The van der Waals surface area contributed by atoms with Gasteiger partial charge in [0.05, 0.1) is 7.11 Å². The van der Waals surface area contributed by atoms with Crippen LogP contribution in [0.2, 0.25) is 0 Å². The quantitative estimate of drug-likeness (QED) is 0.607. The smallest absolute Gasteiger partial charge is 0.330 e. The second-order valence-electron chi connectivity index (χ2n) is 3.67. The van der Waals surface area contributed by atoms with Crippen molar-refractivity contribution in [2.45, 2.75) is 12.5 Å². The molecule has 0 heterocycles. The van der Waals surface area contributed by atoms with E-state index in [-0.39, 0.29) is 0 Å². The van der Waals surface area contributed by atoms with Crippen LogP contribution in [0.15, 0.2) is 24.3 Å². The Hall–Kier alpha value is -2.08. The Morgan fingerprint density at radius 2 is 2.11 bits per heavy atom. The topological polar surface area (TPSA) is 102 Å². The number of methoxy groups -OCH3 is 1. The number of amides is 1. The molecule has 1 aromatic rings. The molecule has 0 aliphatic carbocycles. The van der Waals surface area contributed by atoms with Gasteiger partial charge in [-0.05, 0) is 18.1 Å². The molecule has 0 aromatic heterocycles. The summed E-state index contributed by atoms with van der Waals surface area (Å²) in [5, 5.41) is 11.0. The molecule has 0 bridgehead atoms. The first kappa shape index (κ1) is 14.0. The van der Waals surface area contributed by atoms with E-state index in [0.29, 0.717) is 13.0 Å². The predicted molar refractivity (Wildman–Crippen MR) is 65.3 cm³/mol. The monoisotopic (exact) mass is 252 g/mol. The van der Waals surface area contributed by atoms with Crippen molar-refractivity contribution >= 4 is 11.9 Å². The lowest BCUT2D eigenvalue weighted by molar-refractivity contribution is -0.142. The number of carboxylic acids is 1. The highest BCUT2D eigenvalue weighted by Gasteiger charge is 2.20. The number of hydrogen-bond acceptors (Lipinski definition) is 4. The zero-order valence-corrected chi connectivity index (χ0v) is 10.1. The third kappa shape index (κ3) is 3.74. The highest BCUT2D eigenvalue weighted by Crippen LogP contribution is 2.17. The van der Waals surface area contributed by atoms with Crippen molar-refractivity contribution in [1.82, 2.24) is 5.32 Å². The number of nitrogens with one attached hydrogen (secondary N) is 1. The van der Waals surface area contributed by atoms with E-state index in [9.17, 15) is 9.59 Å². The van der Waals surface area contributed by atoms with Gasteiger partial charge < -0.3 is 20.9 Å². The zero-order valence-electron chi connectivity index (χ0n) is 10.1. The van der Waals surface area contributed by atoms with Crippen LogP contribution in [0, 0.1) is 0 Å². The summed E-state index contributed by atoms with van der Waals surface area (Å²) in [6.45, 7) is 0.306. The molecule has 0 fully saturated rings. The van der Waals surface area contributed by atoms with E-state index in [4.69, 9.17) is 15.6 Å². The average Bonchev–Trinajstić information content (AvgIpc) is 2.38. The number of ether oxygens (including phenoxy) is 1. The Labute approximate surface area is 105 Å². The zero-order chi connectivity index (χ0) is 13.5. The highest BCUT2D eigenvalue weighted by atomic mass is 16.5. The van der Waals surface area contributed by atoms with Crippen LogP contribution in [0.25, 0.3) is 0 Å². The third-order valence-corrected chi connectivity index (χ3v) is 2.43. The fourth-order valence-electron chi connectivity index (χ4n) is 1.45. The number of carbonyl (C=O) groups is 2. The molecule has 1 aromatic carbocycles. The van der Waals surface area contributed by atoms with Crippen molar-refractivity contribution in [3.63, 3.8) is 0 Å². The molecule has 1 rings (SSSR count). The molecule has 0 aliphatic rings. The van der Waals surface area contributed by atoms with Gasteiger partial charge in [0.1, 0.15) is 5.75 Å². The molecule has 1 atom stereocenters. The van der Waals surface area contributed by atoms with Crippen LogP contribution in [0.1, 0.15) is 5.56 Å². The molecule has 4 N–H and O–H groups in total. The fourth-order valence-corrected chi connectivity index (χ4v) is 1.45. The minimum absolute atomic E-state index is 0.306. The Balaban J connectivity index is 2.47. The molecular formula is C12H16N2O4. The molecule has 1 amide bonds. The number of nitrogens with two attached hydrogens (primary N) is 1. The van der Waals surface area contributed by atoms with Crippen molar-refractivity contribution < 1.29 is 19.4 Å². The van der Waals surface area contributed by atoms with Crippen molar-refractivity contribution in [3.05, 3.63) is 29.8 Å². The van der Waals surface area contributed by atoms with Gasteiger partial charge in [-0.1, -0.05) is 18.2 Å². The molecule has 0 saturated heterocycles. The van der Waals surface area contributed by atoms with Gasteiger partial charge in [0.2, 0.25) is 5.91 Å². The number of carboxylic acid groups (broad SMARTS) is 1. The van der Waals surface area contributed by atoms with Gasteiger partial charge in [0, 0.05) is 6.54 Å². The van der Waals surface area contributed by atoms with Crippen molar-refractivity contribution in [1.29, 1.82) is 0 Å². The highest BCUT2D eigenvalue weighted by molar-refractivity contribution is 6.00. The summed E-state index contributed by atoms with van der Waals surface area (Å²) < 4.78 is 5.16. The number of rotatable bonds is 6. The maximum absolute atomic E-state index is 11.3. The van der Waals surface area contributed by atoms with E-state index < -0.39 is 17.9 Å². The number of para-hydroxylation sites is 1. The summed E-state index contributed by atoms with van der Waals surface area (Å²) in [4.78, 5) is 21.7. The molecule has 6 heteroatoms. The molecule has 98 valence electrons. The molecule has 0 saturated carbocycles. The van der Waals surface area contributed by atoms with Crippen LogP contribution in [-0.2, 0) is 16.0 Å². The SMILES string of the molecule is COc1ccccc1CCNC(=O)C(N)C(=O)O. The van der Waals surface area contributed by atoms with E-state index in [0.717, 1.165) is 11.3 Å². The van der Waals surface area contributed by atoms with Gasteiger partial charge in [-0.25, -0.2) is 4.79 Å². The Morgan fingerprint density at radius 3 is 2.72 bits per heavy atom. The maximum atomic E-state index is 11.3. The van der Waals surface area contributed by atoms with Gasteiger partial charge >= 0.3 is 5.97 Å². The van der Waals surface area contributed by atoms with Crippen LogP contribution in [0.4, 0.5) is 0 Å². The van der Waals surface area contributed by atoms with Crippen LogP contribution in [0.3, 0.4) is 0 Å². The first-order valence-electron chi connectivity index (χ1n) is 5.44. The summed E-state index contributed by atoms with van der Waals surface area (Å²) in [5.41, 5.74) is 6.09. The normalized spacial score (nSPS) is 11.7. The lowest BCUT2D eigenvalue weighted by atomic mass is 10.1. The first-order valence-corrected chi connectivity index (χ1v) is 5.44. The van der Waals surface area contributed by atoms with Gasteiger partial charge in [-0.3, -0.25) is 4.79 Å². The van der Waals surface area contributed by atoms with E-state index in [1.54, 1.807) is 7.11 Å². The van der Waals surface area contributed by atoms with Crippen LogP contribution < -0.4 is 15.8 Å².